The van der Waals surface area contributed by atoms with Crippen LogP contribution in [0.4, 0.5) is 0 Å². The number of likely N-dealkylation sites (tertiary alicyclic amines) is 1. The van der Waals surface area contributed by atoms with Crippen LogP contribution in [0.5, 0.6) is 5.75 Å². The molecular formula is C22H37N5O. The second-order valence-electron chi connectivity index (χ2n) is 7.63. The van der Waals surface area contributed by atoms with Gasteiger partial charge < -0.3 is 19.9 Å². The standard InChI is InChI=1S/C22H37N5O/c1-3-23-22(24-12-15-26-18-16-25(4-2)17-19-26)27-13-10-21(11-14-27)28-20-8-6-5-7-9-20/h5-9,21H,3-4,10-19H2,1-2H3,(H,23,24). The van der Waals surface area contributed by atoms with Crippen LogP contribution in [0.3, 0.4) is 0 Å². The van der Waals surface area contributed by atoms with Gasteiger partial charge in [0.2, 0.25) is 0 Å². The minimum Gasteiger partial charge on any atom is -0.490 e. The van der Waals surface area contributed by atoms with E-state index in [2.05, 4.69) is 33.9 Å². The zero-order chi connectivity index (χ0) is 19.6. The van der Waals surface area contributed by atoms with Gasteiger partial charge in [0.1, 0.15) is 11.9 Å². The molecule has 0 saturated carbocycles. The van der Waals surface area contributed by atoms with Crippen molar-refractivity contribution in [1.29, 1.82) is 0 Å². The van der Waals surface area contributed by atoms with Crippen molar-refractivity contribution >= 4 is 5.96 Å². The molecule has 0 unspecified atom stereocenters. The van der Waals surface area contributed by atoms with E-state index in [1.807, 2.05) is 30.3 Å². The molecule has 0 atom stereocenters. The van der Waals surface area contributed by atoms with Crippen LogP contribution in [0.2, 0.25) is 0 Å². The van der Waals surface area contributed by atoms with Crippen molar-refractivity contribution in [1.82, 2.24) is 20.0 Å². The Labute approximate surface area is 170 Å². The summed E-state index contributed by atoms with van der Waals surface area (Å²) < 4.78 is 6.12. The summed E-state index contributed by atoms with van der Waals surface area (Å²) in [6, 6.07) is 10.2. The Balaban J connectivity index is 1.43. The number of guanidine groups is 1. The summed E-state index contributed by atoms with van der Waals surface area (Å²) in [6.07, 6.45) is 2.38. The summed E-state index contributed by atoms with van der Waals surface area (Å²) >= 11 is 0. The Kier molecular flexibility index (Phi) is 8.42. The fourth-order valence-corrected chi connectivity index (χ4v) is 3.93. The SMILES string of the molecule is CCNC(=NCCN1CCN(CC)CC1)N1CCC(Oc2ccccc2)CC1. The van der Waals surface area contributed by atoms with Gasteiger partial charge in [-0.15, -0.1) is 0 Å². The molecule has 6 heteroatoms. The highest BCUT2D eigenvalue weighted by molar-refractivity contribution is 5.80. The predicted octanol–water partition coefficient (Wildman–Crippen LogP) is 2.13. The van der Waals surface area contributed by atoms with Gasteiger partial charge in [-0.3, -0.25) is 9.89 Å². The molecule has 2 aliphatic rings. The quantitative estimate of drug-likeness (QED) is 0.574. The molecule has 1 aromatic carbocycles. The summed E-state index contributed by atoms with van der Waals surface area (Å²) in [7, 11) is 0. The van der Waals surface area contributed by atoms with Crippen molar-refractivity contribution < 1.29 is 4.74 Å². The lowest BCUT2D eigenvalue weighted by Gasteiger charge is -2.35. The number of hydrogen-bond donors (Lipinski definition) is 1. The second kappa shape index (κ2) is 11.3. The van der Waals surface area contributed by atoms with Gasteiger partial charge in [-0.2, -0.15) is 0 Å². The molecule has 0 radical (unpaired) electrons. The molecule has 2 aliphatic heterocycles. The van der Waals surface area contributed by atoms with E-state index < -0.39 is 0 Å². The Bertz CT molecular complexity index is 578. The average Bonchev–Trinajstić information content (AvgIpc) is 2.75. The maximum atomic E-state index is 6.12. The molecule has 1 N–H and O–H groups in total. The third-order valence-electron chi connectivity index (χ3n) is 5.71. The Morgan fingerprint density at radius 3 is 2.32 bits per heavy atom. The molecule has 156 valence electrons. The molecule has 0 spiro atoms. The van der Waals surface area contributed by atoms with Gasteiger partial charge in [-0.1, -0.05) is 25.1 Å². The maximum Gasteiger partial charge on any atom is 0.193 e. The number of nitrogens with one attached hydrogen (secondary N) is 1. The smallest absolute Gasteiger partial charge is 0.193 e. The molecule has 2 saturated heterocycles. The zero-order valence-electron chi connectivity index (χ0n) is 17.6. The molecule has 0 aromatic heterocycles. The molecule has 3 rings (SSSR count). The lowest BCUT2D eigenvalue weighted by molar-refractivity contribution is 0.129. The highest BCUT2D eigenvalue weighted by Crippen LogP contribution is 2.18. The zero-order valence-corrected chi connectivity index (χ0v) is 17.6. The number of aliphatic imine (C=N–C) groups is 1. The number of piperidine rings is 1. The Morgan fingerprint density at radius 1 is 1.00 bits per heavy atom. The van der Waals surface area contributed by atoms with Gasteiger partial charge in [-0.25, -0.2) is 0 Å². The number of likely N-dealkylation sites (N-methyl/N-ethyl adjacent to an activating group) is 1. The first kappa shape index (κ1) is 20.9. The minimum absolute atomic E-state index is 0.302. The van der Waals surface area contributed by atoms with E-state index in [9.17, 15) is 0 Å². The van der Waals surface area contributed by atoms with Gasteiger partial charge in [-0.05, 0) is 25.6 Å². The van der Waals surface area contributed by atoms with E-state index in [1.54, 1.807) is 0 Å². The fraction of sp³-hybridized carbons (Fsp3) is 0.682. The minimum atomic E-state index is 0.302. The van der Waals surface area contributed by atoms with Gasteiger partial charge in [0, 0.05) is 65.2 Å². The van der Waals surface area contributed by atoms with Crippen molar-refractivity contribution in [3.8, 4) is 5.75 Å². The summed E-state index contributed by atoms with van der Waals surface area (Å²) in [5.41, 5.74) is 0. The van der Waals surface area contributed by atoms with E-state index in [-0.39, 0.29) is 0 Å². The van der Waals surface area contributed by atoms with E-state index >= 15 is 0 Å². The highest BCUT2D eigenvalue weighted by atomic mass is 16.5. The number of benzene rings is 1. The number of hydrogen-bond acceptors (Lipinski definition) is 4. The van der Waals surface area contributed by atoms with Crippen LogP contribution in [0, 0.1) is 0 Å². The van der Waals surface area contributed by atoms with Crippen LogP contribution >= 0.6 is 0 Å². The normalized spacial score (nSPS) is 20.4. The van der Waals surface area contributed by atoms with Crippen molar-refractivity contribution in [2.45, 2.75) is 32.8 Å². The van der Waals surface area contributed by atoms with Crippen LogP contribution in [0.1, 0.15) is 26.7 Å². The molecule has 28 heavy (non-hydrogen) atoms. The number of piperazine rings is 1. The number of para-hydroxylation sites is 1. The van der Waals surface area contributed by atoms with Gasteiger partial charge in [0.25, 0.3) is 0 Å². The first-order valence-electron chi connectivity index (χ1n) is 11.0. The molecule has 1 aromatic rings. The van der Waals surface area contributed by atoms with Crippen LogP contribution in [-0.2, 0) is 0 Å². The molecule has 2 heterocycles. The number of nitrogens with zero attached hydrogens (tertiary/aromatic N) is 4. The van der Waals surface area contributed by atoms with Crippen LogP contribution in [0.15, 0.2) is 35.3 Å². The van der Waals surface area contributed by atoms with Gasteiger partial charge >= 0.3 is 0 Å². The van der Waals surface area contributed by atoms with E-state index in [4.69, 9.17) is 9.73 Å². The van der Waals surface area contributed by atoms with Crippen molar-refractivity contribution in [3.05, 3.63) is 30.3 Å². The topological polar surface area (TPSA) is 43.3 Å². The number of rotatable bonds is 7. The lowest BCUT2D eigenvalue weighted by Crippen LogP contribution is -2.48. The molecule has 2 fully saturated rings. The van der Waals surface area contributed by atoms with Crippen LogP contribution in [0.25, 0.3) is 0 Å². The highest BCUT2D eigenvalue weighted by Gasteiger charge is 2.23. The summed E-state index contributed by atoms with van der Waals surface area (Å²) in [6.45, 7) is 15.1. The fourth-order valence-electron chi connectivity index (χ4n) is 3.93. The average molecular weight is 388 g/mol. The maximum absolute atomic E-state index is 6.12. The summed E-state index contributed by atoms with van der Waals surface area (Å²) in [5, 5.41) is 3.48. The van der Waals surface area contributed by atoms with Gasteiger partial charge in [0.05, 0.1) is 6.54 Å². The Hall–Kier alpha value is -1.79. The molecule has 0 aliphatic carbocycles. The molecular weight excluding hydrogens is 350 g/mol. The van der Waals surface area contributed by atoms with Crippen molar-refractivity contribution in [2.24, 2.45) is 4.99 Å². The van der Waals surface area contributed by atoms with Crippen LogP contribution in [-0.4, -0.2) is 92.2 Å². The first-order valence-corrected chi connectivity index (χ1v) is 11.0. The Morgan fingerprint density at radius 2 is 1.68 bits per heavy atom. The first-order chi connectivity index (χ1) is 13.8. The van der Waals surface area contributed by atoms with E-state index in [0.29, 0.717) is 6.10 Å². The predicted molar refractivity (Wildman–Crippen MR) is 116 cm³/mol. The monoisotopic (exact) mass is 387 g/mol. The summed E-state index contributed by atoms with van der Waals surface area (Å²) in [4.78, 5) is 12.4. The molecule has 6 nitrogen and oxygen atoms in total. The lowest BCUT2D eigenvalue weighted by atomic mass is 10.1. The second-order valence-corrected chi connectivity index (χ2v) is 7.63. The van der Waals surface area contributed by atoms with Crippen LogP contribution < -0.4 is 10.1 Å². The largest absolute Gasteiger partial charge is 0.490 e. The third kappa shape index (κ3) is 6.38. The number of ether oxygens (including phenoxy) is 1. The molecule has 0 bridgehead atoms. The van der Waals surface area contributed by atoms with Gasteiger partial charge in [0.15, 0.2) is 5.96 Å². The van der Waals surface area contributed by atoms with E-state index in [0.717, 1.165) is 57.3 Å². The summed E-state index contributed by atoms with van der Waals surface area (Å²) in [5.74, 6) is 2.04. The van der Waals surface area contributed by atoms with Crippen molar-refractivity contribution in [2.75, 3.05) is 65.4 Å². The molecule has 0 amide bonds. The third-order valence-corrected chi connectivity index (χ3v) is 5.71. The van der Waals surface area contributed by atoms with E-state index in [1.165, 1.54) is 32.7 Å². The van der Waals surface area contributed by atoms with Crippen molar-refractivity contribution in [3.63, 3.8) is 0 Å².